The monoisotopic (exact) mass is 232 g/mol. The lowest BCUT2D eigenvalue weighted by Crippen LogP contribution is -2.18. The van der Waals surface area contributed by atoms with Crippen molar-refractivity contribution < 1.29 is 4.79 Å². The van der Waals surface area contributed by atoms with Gasteiger partial charge >= 0.3 is 0 Å². The standard InChI is InChI=1S/C14H20N2O/c1-12(13-7-3-2-4-8-13)11-16-10-6-5-9-14(15)17/h2-4,7-8,16H,1,5-6,9-11H2,(H2,15,17). The maximum Gasteiger partial charge on any atom is 0.217 e. The van der Waals surface area contributed by atoms with Gasteiger partial charge in [-0.25, -0.2) is 0 Å². The first-order valence-electron chi connectivity index (χ1n) is 5.92. The highest BCUT2D eigenvalue weighted by atomic mass is 16.1. The number of hydrogen-bond acceptors (Lipinski definition) is 2. The lowest BCUT2D eigenvalue weighted by molar-refractivity contribution is -0.118. The minimum Gasteiger partial charge on any atom is -0.370 e. The van der Waals surface area contributed by atoms with E-state index in [0.717, 1.165) is 37.1 Å². The number of nitrogens with two attached hydrogens (primary N) is 1. The zero-order valence-electron chi connectivity index (χ0n) is 10.1. The fourth-order valence-electron chi connectivity index (χ4n) is 1.56. The van der Waals surface area contributed by atoms with Crippen molar-refractivity contribution in [2.75, 3.05) is 13.1 Å². The van der Waals surface area contributed by atoms with Crippen molar-refractivity contribution in [2.45, 2.75) is 19.3 Å². The normalized spacial score (nSPS) is 10.1. The summed E-state index contributed by atoms with van der Waals surface area (Å²) >= 11 is 0. The molecule has 1 aromatic carbocycles. The fourth-order valence-corrected chi connectivity index (χ4v) is 1.56. The van der Waals surface area contributed by atoms with Crippen LogP contribution in [0.4, 0.5) is 0 Å². The van der Waals surface area contributed by atoms with Gasteiger partial charge in [0.2, 0.25) is 5.91 Å². The van der Waals surface area contributed by atoms with Crippen molar-refractivity contribution >= 4 is 11.5 Å². The third-order valence-electron chi connectivity index (χ3n) is 2.55. The first kappa shape index (κ1) is 13.5. The summed E-state index contributed by atoms with van der Waals surface area (Å²) in [6, 6.07) is 10.1. The Morgan fingerprint density at radius 3 is 2.59 bits per heavy atom. The molecule has 3 N–H and O–H groups in total. The minimum absolute atomic E-state index is 0.223. The predicted octanol–water partition coefficient (Wildman–Crippen LogP) is 1.94. The summed E-state index contributed by atoms with van der Waals surface area (Å²) in [6.45, 7) is 5.70. The molecule has 0 bridgehead atoms. The molecular weight excluding hydrogens is 212 g/mol. The van der Waals surface area contributed by atoms with Crippen LogP contribution in [-0.4, -0.2) is 19.0 Å². The van der Waals surface area contributed by atoms with E-state index in [1.807, 2.05) is 18.2 Å². The van der Waals surface area contributed by atoms with Crippen molar-refractivity contribution in [3.8, 4) is 0 Å². The third-order valence-corrected chi connectivity index (χ3v) is 2.55. The molecule has 0 saturated heterocycles. The van der Waals surface area contributed by atoms with Crippen molar-refractivity contribution in [3.63, 3.8) is 0 Å². The Labute approximate surface area is 103 Å². The van der Waals surface area contributed by atoms with E-state index in [0.29, 0.717) is 6.42 Å². The van der Waals surface area contributed by atoms with Crippen LogP contribution in [0.15, 0.2) is 36.9 Å². The smallest absolute Gasteiger partial charge is 0.217 e. The van der Waals surface area contributed by atoms with Crippen LogP contribution in [0.25, 0.3) is 5.57 Å². The average Bonchev–Trinajstić information content (AvgIpc) is 2.34. The van der Waals surface area contributed by atoms with Crippen LogP contribution in [0.3, 0.4) is 0 Å². The van der Waals surface area contributed by atoms with Gasteiger partial charge in [-0.2, -0.15) is 0 Å². The lowest BCUT2D eigenvalue weighted by atomic mass is 10.1. The predicted molar refractivity (Wildman–Crippen MR) is 71.4 cm³/mol. The third kappa shape index (κ3) is 5.88. The van der Waals surface area contributed by atoms with Gasteiger partial charge in [0.15, 0.2) is 0 Å². The van der Waals surface area contributed by atoms with Crippen LogP contribution >= 0.6 is 0 Å². The number of rotatable bonds is 8. The van der Waals surface area contributed by atoms with Gasteiger partial charge in [-0.15, -0.1) is 0 Å². The molecule has 0 radical (unpaired) electrons. The van der Waals surface area contributed by atoms with Gasteiger partial charge in [-0.1, -0.05) is 36.9 Å². The molecule has 1 rings (SSSR count). The Kier molecular flexibility index (Phi) is 6.04. The largest absolute Gasteiger partial charge is 0.370 e. The van der Waals surface area contributed by atoms with Crippen LogP contribution in [0.2, 0.25) is 0 Å². The highest BCUT2D eigenvalue weighted by Crippen LogP contribution is 2.09. The molecule has 0 heterocycles. The van der Waals surface area contributed by atoms with Crippen molar-refractivity contribution in [1.82, 2.24) is 5.32 Å². The van der Waals surface area contributed by atoms with Crippen molar-refractivity contribution in [3.05, 3.63) is 42.5 Å². The minimum atomic E-state index is -0.223. The first-order chi connectivity index (χ1) is 8.20. The van der Waals surface area contributed by atoms with Crippen LogP contribution in [-0.2, 0) is 4.79 Å². The lowest BCUT2D eigenvalue weighted by Gasteiger charge is -2.07. The van der Waals surface area contributed by atoms with Gasteiger partial charge < -0.3 is 11.1 Å². The number of primary amides is 1. The average molecular weight is 232 g/mol. The Morgan fingerprint density at radius 1 is 1.24 bits per heavy atom. The maximum atomic E-state index is 10.5. The second-order valence-electron chi connectivity index (χ2n) is 4.07. The summed E-state index contributed by atoms with van der Waals surface area (Å²) in [5.41, 5.74) is 7.31. The van der Waals surface area contributed by atoms with E-state index in [-0.39, 0.29) is 5.91 Å². The molecule has 92 valence electrons. The van der Waals surface area contributed by atoms with Gasteiger partial charge in [0.05, 0.1) is 0 Å². The van der Waals surface area contributed by atoms with E-state index in [1.165, 1.54) is 0 Å². The Morgan fingerprint density at radius 2 is 1.94 bits per heavy atom. The van der Waals surface area contributed by atoms with Crippen LogP contribution < -0.4 is 11.1 Å². The zero-order chi connectivity index (χ0) is 12.5. The van der Waals surface area contributed by atoms with E-state index in [4.69, 9.17) is 5.73 Å². The zero-order valence-corrected chi connectivity index (χ0v) is 10.1. The second-order valence-corrected chi connectivity index (χ2v) is 4.07. The topological polar surface area (TPSA) is 55.1 Å². The molecule has 0 aliphatic carbocycles. The molecule has 1 amide bonds. The molecule has 0 aliphatic heterocycles. The van der Waals surface area contributed by atoms with Gasteiger partial charge in [-0.05, 0) is 30.5 Å². The first-order valence-corrected chi connectivity index (χ1v) is 5.92. The second kappa shape index (κ2) is 7.63. The Bertz CT molecular complexity index is 360. The molecular formula is C14H20N2O. The number of carbonyl (C=O) groups excluding carboxylic acids is 1. The Balaban J connectivity index is 2.11. The van der Waals surface area contributed by atoms with Gasteiger partial charge in [0.1, 0.15) is 0 Å². The Hall–Kier alpha value is -1.61. The summed E-state index contributed by atoms with van der Waals surface area (Å²) in [5.74, 6) is -0.223. The molecule has 0 aliphatic rings. The molecule has 0 spiro atoms. The summed E-state index contributed by atoms with van der Waals surface area (Å²) in [4.78, 5) is 10.5. The molecule has 0 aromatic heterocycles. The van der Waals surface area contributed by atoms with Crippen LogP contribution in [0.5, 0.6) is 0 Å². The van der Waals surface area contributed by atoms with Gasteiger partial charge in [-0.3, -0.25) is 4.79 Å². The van der Waals surface area contributed by atoms with Gasteiger partial charge in [0, 0.05) is 13.0 Å². The molecule has 1 aromatic rings. The van der Waals surface area contributed by atoms with E-state index in [2.05, 4.69) is 24.0 Å². The number of benzene rings is 1. The number of amides is 1. The molecule has 0 saturated carbocycles. The van der Waals surface area contributed by atoms with Crippen molar-refractivity contribution in [2.24, 2.45) is 5.73 Å². The summed E-state index contributed by atoms with van der Waals surface area (Å²) in [6.07, 6.45) is 2.28. The number of nitrogens with one attached hydrogen (secondary N) is 1. The highest BCUT2D eigenvalue weighted by Gasteiger charge is 1.98. The SMILES string of the molecule is C=C(CNCCCCC(N)=O)c1ccccc1. The van der Waals surface area contributed by atoms with E-state index in [9.17, 15) is 4.79 Å². The number of carbonyl (C=O) groups is 1. The number of unbranched alkanes of at least 4 members (excludes halogenated alkanes) is 1. The van der Waals surface area contributed by atoms with Crippen LogP contribution in [0, 0.1) is 0 Å². The maximum absolute atomic E-state index is 10.5. The summed E-state index contributed by atoms with van der Waals surface area (Å²) < 4.78 is 0. The van der Waals surface area contributed by atoms with Crippen LogP contribution in [0.1, 0.15) is 24.8 Å². The fraction of sp³-hybridized carbons (Fsp3) is 0.357. The van der Waals surface area contributed by atoms with E-state index in [1.54, 1.807) is 0 Å². The molecule has 0 unspecified atom stereocenters. The molecule has 0 atom stereocenters. The van der Waals surface area contributed by atoms with Crippen molar-refractivity contribution in [1.29, 1.82) is 0 Å². The number of hydrogen-bond donors (Lipinski definition) is 2. The highest BCUT2D eigenvalue weighted by molar-refractivity contribution is 5.73. The van der Waals surface area contributed by atoms with E-state index < -0.39 is 0 Å². The molecule has 17 heavy (non-hydrogen) atoms. The molecule has 3 nitrogen and oxygen atoms in total. The summed E-state index contributed by atoms with van der Waals surface area (Å²) in [7, 11) is 0. The van der Waals surface area contributed by atoms with E-state index >= 15 is 0 Å². The quantitative estimate of drug-likeness (QED) is 0.673. The molecule has 0 fully saturated rings. The molecule has 3 heteroatoms. The summed E-state index contributed by atoms with van der Waals surface area (Å²) in [5, 5.41) is 3.31. The van der Waals surface area contributed by atoms with Gasteiger partial charge in [0.25, 0.3) is 0 Å².